The highest BCUT2D eigenvalue weighted by Gasteiger charge is 2.43. The SMILES string of the molecule is CC(C=O)[C@H]1CC[C@@](O)(C2C=CN(c3ccc(Cl)cc3)c3ccc(F)cc32)CC1. The standard InChI is InChI=1S/C24H25ClFNO2/c1-16(15-28)17-8-11-24(29,12-9-17)22-10-13-27(20-5-2-18(25)3-6-20)23-7-4-19(26)14-21(22)23/h2-7,10,13-17,22,29H,8-9,11-12H2,1H3/t16?,17-,22?,24-. The summed E-state index contributed by atoms with van der Waals surface area (Å²) in [6, 6.07) is 12.2. The molecule has 0 amide bonds. The minimum atomic E-state index is -0.940. The average Bonchev–Trinajstić information content (AvgIpc) is 2.73. The smallest absolute Gasteiger partial charge is 0.123 e. The quantitative estimate of drug-likeness (QED) is 0.626. The van der Waals surface area contributed by atoms with E-state index in [1.54, 1.807) is 6.07 Å². The molecule has 4 rings (SSSR count). The van der Waals surface area contributed by atoms with E-state index >= 15 is 0 Å². The van der Waals surface area contributed by atoms with Gasteiger partial charge < -0.3 is 14.8 Å². The van der Waals surface area contributed by atoms with E-state index in [-0.39, 0.29) is 17.7 Å². The third-order valence-electron chi connectivity index (χ3n) is 6.55. The maximum atomic E-state index is 14.2. The molecule has 29 heavy (non-hydrogen) atoms. The van der Waals surface area contributed by atoms with Crippen molar-refractivity contribution in [3.63, 3.8) is 0 Å². The van der Waals surface area contributed by atoms with E-state index in [0.29, 0.717) is 23.8 Å². The van der Waals surface area contributed by atoms with Gasteiger partial charge in [-0.2, -0.15) is 0 Å². The zero-order chi connectivity index (χ0) is 20.6. The molecule has 2 aliphatic rings. The fraction of sp³-hybridized carbons (Fsp3) is 0.375. The highest BCUT2D eigenvalue weighted by molar-refractivity contribution is 6.30. The average molecular weight is 414 g/mol. The van der Waals surface area contributed by atoms with E-state index in [1.165, 1.54) is 12.1 Å². The van der Waals surface area contributed by atoms with Crippen LogP contribution >= 0.6 is 11.6 Å². The second-order valence-corrected chi connectivity index (χ2v) is 8.74. The first kappa shape index (κ1) is 20.1. The summed E-state index contributed by atoms with van der Waals surface area (Å²) in [5.41, 5.74) is 1.63. The van der Waals surface area contributed by atoms with Gasteiger partial charge in [0.15, 0.2) is 0 Å². The zero-order valence-electron chi connectivity index (χ0n) is 16.4. The molecular formula is C24H25ClFNO2. The first-order valence-corrected chi connectivity index (χ1v) is 10.5. The molecular weight excluding hydrogens is 389 g/mol. The van der Waals surface area contributed by atoms with Crippen LogP contribution in [0.2, 0.25) is 5.02 Å². The van der Waals surface area contributed by atoms with Crippen LogP contribution in [0.25, 0.3) is 0 Å². The minimum absolute atomic E-state index is 0.00609. The molecule has 1 fully saturated rings. The van der Waals surface area contributed by atoms with Gasteiger partial charge in [-0.25, -0.2) is 4.39 Å². The fourth-order valence-corrected chi connectivity index (χ4v) is 4.86. The molecule has 1 heterocycles. The van der Waals surface area contributed by atoms with Gasteiger partial charge in [-0.05, 0) is 79.6 Å². The van der Waals surface area contributed by atoms with E-state index in [2.05, 4.69) is 0 Å². The van der Waals surface area contributed by atoms with Crippen molar-refractivity contribution in [3.05, 3.63) is 71.1 Å². The van der Waals surface area contributed by atoms with Gasteiger partial charge in [0, 0.05) is 34.4 Å². The lowest BCUT2D eigenvalue weighted by atomic mass is 9.67. The molecule has 0 spiro atoms. The van der Waals surface area contributed by atoms with Crippen LogP contribution in [0.5, 0.6) is 0 Å². The van der Waals surface area contributed by atoms with Gasteiger partial charge in [-0.3, -0.25) is 0 Å². The van der Waals surface area contributed by atoms with Crippen molar-refractivity contribution in [1.29, 1.82) is 0 Å². The number of carbonyl (C=O) groups is 1. The maximum Gasteiger partial charge on any atom is 0.123 e. The van der Waals surface area contributed by atoms with Crippen molar-refractivity contribution in [2.75, 3.05) is 4.90 Å². The van der Waals surface area contributed by atoms with Crippen LogP contribution in [-0.4, -0.2) is 17.0 Å². The van der Waals surface area contributed by atoms with Crippen LogP contribution in [0, 0.1) is 17.7 Å². The number of halogens is 2. The lowest BCUT2D eigenvalue weighted by molar-refractivity contribution is -0.113. The number of aldehydes is 1. The summed E-state index contributed by atoms with van der Waals surface area (Å²) in [6.07, 6.45) is 7.72. The summed E-state index contributed by atoms with van der Waals surface area (Å²) in [6.45, 7) is 1.94. The number of fused-ring (bicyclic) bond motifs is 1. The van der Waals surface area contributed by atoms with Gasteiger partial charge in [0.25, 0.3) is 0 Å². The van der Waals surface area contributed by atoms with E-state index in [1.807, 2.05) is 48.4 Å². The third-order valence-corrected chi connectivity index (χ3v) is 6.80. The molecule has 152 valence electrons. The number of nitrogens with zero attached hydrogens (tertiary/aromatic N) is 1. The van der Waals surface area contributed by atoms with Crippen LogP contribution in [-0.2, 0) is 4.79 Å². The molecule has 2 aromatic carbocycles. The minimum Gasteiger partial charge on any atom is -0.389 e. The molecule has 1 N–H and O–H groups in total. The Hall–Kier alpha value is -2.17. The van der Waals surface area contributed by atoms with Gasteiger partial charge in [0.1, 0.15) is 12.1 Å². The molecule has 5 heteroatoms. The normalized spacial score (nSPS) is 27.4. The Morgan fingerprint density at radius 1 is 1.21 bits per heavy atom. The fourth-order valence-electron chi connectivity index (χ4n) is 4.73. The predicted octanol–water partition coefficient (Wildman–Crippen LogP) is 5.98. The maximum absolute atomic E-state index is 14.2. The largest absolute Gasteiger partial charge is 0.389 e. The Kier molecular flexibility index (Phi) is 5.50. The molecule has 1 saturated carbocycles. The molecule has 0 aromatic heterocycles. The van der Waals surface area contributed by atoms with Crippen molar-refractivity contribution in [2.24, 2.45) is 11.8 Å². The van der Waals surface area contributed by atoms with Crippen LogP contribution in [0.4, 0.5) is 15.8 Å². The summed E-state index contributed by atoms with van der Waals surface area (Å²) in [5, 5.41) is 12.2. The number of aliphatic hydroxyl groups is 1. The number of anilines is 2. The first-order valence-electron chi connectivity index (χ1n) is 10.1. The number of hydrogen-bond acceptors (Lipinski definition) is 3. The third kappa shape index (κ3) is 3.84. The molecule has 0 bridgehead atoms. The molecule has 2 atom stereocenters. The Morgan fingerprint density at radius 3 is 2.55 bits per heavy atom. The topological polar surface area (TPSA) is 40.5 Å². The van der Waals surface area contributed by atoms with Gasteiger partial charge in [-0.1, -0.05) is 24.6 Å². The summed E-state index contributed by atoms with van der Waals surface area (Å²) in [7, 11) is 0. The Labute approximate surface area is 175 Å². The van der Waals surface area contributed by atoms with Crippen molar-refractivity contribution < 1.29 is 14.3 Å². The van der Waals surface area contributed by atoms with E-state index in [4.69, 9.17) is 11.6 Å². The number of carbonyl (C=O) groups excluding carboxylic acids is 1. The number of benzene rings is 2. The van der Waals surface area contributed by atoms with Crippen LogP contribution in [0.1, 0.15) is 44.1 Å². The van der Waals surface area contributed by atoms with Gasteiger partial charge in [0.05, 0.1) is 5.60 Å². The van der Waals surface area contributed by atoms with Crippen LogP contribution in [0.3, 0.4) is 0 Å². The zero-order valence-corrected chi connectivity index (χ0v) is 17.1. The Bertz CT molecular complexity index is 919. The molecule has 1 aliphatic carbocycles. The summed E-state index contributed by atoms with van der Waals surface area (Å²) >= 11 is 6.02. The predicted molar refractivity (Wildman–Crippen MR) is 114 cm³/mol. The van der Waals surface area contributed by atoms with Crippen molar-refractivity contribution in [2.45, 2.75) is 44.1 Å². The van der Waals surface area contributed by atoms with Crippen molar-refractivity contribution in [1.82, 2.24) is 0 Å². The highest BCUT2D eigenvalue weighted by atomic mass is 35.5. The van der Waals surface area contributed by atoms with E-state index < -0.39 is 5.60 Å². The Morgan fingerprint density at radius 2 is 1.90 bits per heavy atom. The van der Waals surface area contributed by atoms with Gasteiger partial charge >= 0.3 is 0 Å². The monoisotopic (exact) mass is 413 g/mol. The summed E-state index contributed by atoms with van der Waals surface area (Å²) < 4.78 is 14.2. The van der Waals surface area contributed by atoms with Crippen molar-refractivity contribution in [3.8, 4) is 0 Å². The molecule has 2 unspecified atom stereocenters. The molecule has 0 radical (unpaired) electrons. The number of rotatable bonds is 4. The molecule has 1 aliphatic heterocycles. The first-order chi connectivity index (χ1) is 13.9. The lowest BCUT2D eigenvalue weighted by Gasteiger charge is -2.44. The van der Waals surface area contributed by atoms with E-state index in [9.17, 15) is 14.3 Å². The highest BCUT2D eigenvalue weighted by Crippen LogP contribution is 2.49. The van der Waals surface area contributed by atoms with Crippen LogP contribution < -0.4 is 4.90 Å². The molecule has 3 nitrogen and oxygen atoms in total. The second kappa shape index (κ2) is 7.92. The molecule has 2 aromatic rings. The Balaban J connectivity index is 1.66. The van der Waals surface area contributed by atoms with Crippen LogP contribution in [0.15, 0.2) is 54.7 Å². The summed E-state index contributed by atoms with van der Waals surface area (Å²) in [4.78, 5) is 13.1. The van der Waals surface area contributed by atoms with Crippen molar-refractivity contribution >= 4 is 29.3 Å². The molecule has 0 saturated heterocycles. The number of hydrogen-bond donors (Lipinski definition) is 1. The van der Waals surface area contributed by atoms with E-state index in [0.717, 1.165) is 36.1 Å². The summed E-state index contributed by atoms with van der Waals surface area (Å²) in [5.74, 6) is -0.291. The second-order valence-electron chi connectivity index (χ2n) is 8.30. The lowest BCUT2D eigenvalue weighted by Crippen LogP contribution is -2.42. The van der Waals surface area contributed by atoms with Gasteiger partial charge in [0.2, 0.25) is 0 Å². The van der Waals surface area contributed by atoms with Gasteiger partial charge in [-0.15, -0.1) is 0 Å².